The highest BCUT2D eigenvalue weighted by Crippen LogP contribution is 2.30. The van der Waals surface area contributed by atoms with Crippen LogP contribution in [0.4, 0.5) is 0 Å². The predicted octanol–water partition coefficient (Wildman–Crippen LogP) is 4.43. The second-order valence-corrected chi connectivity index (χ2v) is 7.22. The molecule has 138 valence electrons. The quantitative estimate of drug-likeness (QED) is 0.626. The monoisotopic (exact) mass is 435 g/mol. The summed E-state index contributed by atoms with van der Waals surface area (Å²) in [7, 11) is 0. The molecule has 0 amide bonds. The summed E-state index contributed by atoms with van der Waals surface area (Å²) < 4.78 is 18.2. The van der Waals surface area contributed by atoms with E-state index in [1.54, 1.807) is 0 Å². The molecule has 0 bridgehead atoms. The molecule has 0 atom stereocenters. The summed E-state index contributed by atoms with van der Waals surface area (Å²) in [6, 6.07) is 14.0. The third kappa shape index (κ3) is 4.96. The molecular formula is C20H22BrNO3S. The Balaban J connectivity index is 1.73. The van der Waals surface area contributed by atoms with Gasteiger partial charge in [0.15, 0.2) is 11.5 Å². The fraction of sp³-hybridized carbons (Fsp3) is 0.350. The van der Waals surface area contributed by atoms with Gasteiger partial charge in [0.2, 0.25) is 0 Å². The summed E-state index contributed by atoms with van der Waals surface area (Å²) >= 11 is 9.09. The lowest BCUT2D eigenvalue weighted by Gasteiger charge is -2.29. The van der Waals surface area contributed by atoms with E-state index in [-0.39, 0.29) is 0 Å². The van der Waals surface area contributed by atoms with Crippen LogP contribution in [0.25, 0.3) is 0 Å². The smallest absolute Gasteiger partial charge is 0.161 e. The minimum atomic E-state index is 0.487. The molecule has 0 spiro atoms. The third-order valence-corrected chi connectivity index (χ3v) is 5.12. The van der Waals surface area contributed by atoms with Crippen molar-refractivity contribution in [2.45, 2.75) is 13.5 Å². The molecule has 6 heteroatoms. The Hall–Kier alpha value is -1.63. The fourth-order valence-corrected chi connectivity index (χ4v) is 3.29. The second-order valence-electron chi connectivity index (χ2n) is 5.91. The first-order valence-electron chi connectivity index (χ1n) is 8.68. The molecular weight excluding hydrogens is 414 g/mol. The topological polar surface area (TPSA) is 30.9 Å². The Morgan fingerprint density at radius 1 is 1.08 bits per heavy atom. The predicted molar refractivity (Wildman–Crippen MR) is 110 cm³/mol. The van der Waals surface area contributed by atoms with Gasteiger partial charge in [-0.15, -0.1) is 0 Å². The normalized spacial score (nSPS) is 14.2. The van der Waals surface area contributed by atoms with Crippen molar-refractivity contribution in [1.29, 1.82) is 0 Å². The minimum absolute atomic E-state index is 0.487. The van der Waals surface area contributed by atoms with E-state index in [4.69, 9.17) is 26.4 Å². The zero-order valence-electron chi connectivity index (χ0n) is 14.7. The van der Waals surface area contributed by atoms with Gasteiger partial charge in [-0.05, 0) is 42.8 Å². The van der Waals surface area contributed by atoms with Gasteiger partial charge >= 0.3 is 0 Å². The number of rotatable bonds is 6. The maximum Gasteiger partial charge on any atom is 0.161 e. The molecule has 4 nitrogen and oxygen atoms in total. The van der Waals surface area contributed by atoms with Gasteiger partial charge in [-0.25, -0.2) is 0 Å². The van der Waals surface area contributed by atoms with E-state index in [0.717, 1.165) is 45.2 Å². The number of thiocarbonyl (C=S) groups is 1. The van der Waals surface area contributed by atoms with E-state index in [1.165, 1.54) is 0 Å². The maximum atomic E-state index is 5.98. The standard InChI is InChI=1S/C20H22BrNO3S/c1-2-24-19-13-16(20(26)22-9-11-23-12-10-22)5-8-18(19)25-14-15-3-6-17(21)7-4-15/h3-8,13H,2,9-12,14H2,1H3. The van der Waals surface area contributed by atoms with Crippen molar-refractivity contribution >= 4 is 33.1 Å². The second kappa shape index (κ2) is 9.35. The van der Waals surface area contributed by atoms with E-state index in [9.17, 15) is 0 Å². The molecule has 0 saturated carbocycles. The molecule has 1 aliphatic heterocycles. The number of hydrogen-bond acceptors (Lipinski definition) is 4. The average molecular weight is 436 g/mol. The number of nitrogens with zero attached hydrogens (tertiary/aromatic N) is 1. The van der Waals surface area contributed by atoms with Gasteiger partial charge in [0, 0.05) is 23.1 Å². The molecule has 3 rings (SSSR count). The molecule has 2 aromatic rings. The molecule has 26 heavy (non-hydrogen) atoms. The first kappa shape index (κ1) is 19.1. The van der Waals surface area contributed by atoms with Crippen LogP contribution in [0.15, 0.2) is 46.9 Å². The van der Waals surface area contributed by atoms with Crippen LogP contribution < -0.4 is 9.47 Å². The van der Waals surface area contributed by atoms with Crippen molar-refractivity contribution in [1.82, 2.24) is 4.90 Å². The lowest BCUT2D eigenvalue weighted by Crippen LogP contribution is -2.40. The van der Waals surface area contributed by atoms with E-state index in [2.05, 4.69) is 20.8 Å². The van der Waals surface area contributed by atoms with Gasteiger partial charge in [0.25, 0.3) is 0 Å². The number of ether oxygens (including phenoxy) is 3. The Bertz CT molecular complexity index is 745. The largest absolute Gasteiger partial charge is 0.490 e. The van der Waals surface area contributed by atoms with Gasteiger partial charge in [0.1, 0.15) is 11.6 Å². The number of benzene rings is 2. The van der Waals surface area contributed by atoms with Crippen LogP contribution in [0.3, 0.4) is 0 Å². The average Bonchev–Trinajstić information content (AvgIpc) is 2.68. The van der Waals surface area contributed by atoms with Crippen LogP contribution in [-0.4, -0.2) is 42.8 Å². The van der Waals surface area contributed by atoms with Crippen LogP contribution in [0.2, 0.25) is 0 Å². The van der Waals surface area contributed by atoms with E-state index < -0.39 is 0 Å². The molecule has 1 fully saturated rings. The van der Waals surface area contributed by atoms with Crippen molar-refractivity contribution in [3.63, 3.8) is 0 Å². The summed E-state index contributed by atoms with van der Waals surface area (Å²) in [5.41, 5.74) is 2.07. The highest BCUT2D eigenvalue weighted by atomic mass is 79.9. The molecule has 0 aliphatic carbocycles. The maximum absolute atomic E-state index is 5.98. The SMILES string of the molecule is CCOc1cc(C(=S)N2CCOCC2)ccc1OCc1ccc(Br)cc1. The zero-order valence-corrected chi connectivity index (χ0v) is 17.1. The molecule has 1 heterocycles. The minimum Gasteiger partial charge on any atom is -0.490 e. The van der Waals surface area contributed by atoms with E-state index in [0.29, 0.717) is 26.4 Å². The number of morpholine rings is 1. The van der Waals surface area contributed by atoms with Crippen LogP contribution >= 0.6 is 28.1 Å². The summed E-state index contributed by atoms with van der Waals surface area (Å²) in [5.74, 6) is 1.45. The van der Waals surface area contributed by atoms with Crippen molar-refractivity contribution < 1.29 is 14.2 Å². The van der Waals surface area contributed by atoms with Gasteiger partial charge in [-0.2, -0.15) is 0 Å². The Morgan fingerprint density at radius 3 is 2.50 bits per heavy atom. The van der Waals surface area contributed by atoms with Crippen molar-refractivity contribution in [3.05, 3.63) is 58.1 Å². The molecule has 2 aromatic carbocycles. The number of hydrogen-bond donors (Lipinski definition) is 0. The molecule has 1 aliphatic rings. The summed E-state index contributed by atoms with van der Waals surface area (Å²) in [6.07, 6.45) is 0. The highest BCUT2D eigenvalue weighted by molar-refractivity contribution is 9.10. The van der Waals surface area contributed by atoms with Crippen molar-refractivity contribution in [2.24, 2.45) is 0 Å². The first-order valence-corrected chi connectivity index (χ1v) is 9.88. The van der Waals surface area contributed by atoms with Crippen LogP contribution in [-0.2, 0) is 11.3 Å². The van der Waals surface area contributed by atoms with Crippen molar-refractivity contribution in [2.75, 3.05) is 32.9 Å². The van der Waals surface area contributed by atoms with Crippen LogP contribution in [0.1, 0.15) is 18.1 Å². The molecule has 0 radical (unpaired) electrons. The van der Waals surface area contributed by atoms with Crippen molar-refractivity contribution in [3.8, 4) is 11.5 Å². The highest BCUT2D eigenvalue weighted by Gasteiger charge is 2.17. The molecule has 0 unspecified atom stereocenters. The van der Waals surface area contributed by atoms with Crippen LogP contribution in [0.5, 0.6) is 11.5 Å². The third-order valence-electron chi connectivity index (χ3n) is 4.10. The van der Waals surface area contributed by atoms with Gasteiger partial charge in [-0.1, -0.05) is 40.3 Å². The molecule has 0 aromatic heterocycles. The van der Waals surface area contributed by atoms with Crippen LogP contribution in [0, 0.1) is 0 Å². The Labute approximate surface area is 168 Å². The van der Waals surface area contributed by atoms with Gasteiger partial charge in [-0.3, -0.25) is 0 Å². The molecule has 0 N–H and O–H groups in total. The number of halogens is 1. The van der Waals surface area contributed by atoms with E-state index in [1.807, 2.05) is 49.4 Å². The molecule has 1 saturated heterocycles. The fourth-order valence-electron chi connectivity index (χ4n) is 2.72. The lowest BCUT2D eigenvalue weighted by molar-refractivity contribution is 0.0693. The lowest BCUT2D eigenvalue weighted by atomic mass is 10.1. The first-order chi connectivity index (χ1) is 12.7. The van der Waals surface area contributed by atoms with Gasteiger partial charge < -0.3 is 19.1 Å². The summed E-state index contributed by atoms with van der Waals surface area (Å²) in [5, 5.41) is 0. The summed E-state index contributed by atoms with van der Waals surface area (Å²) in [6.45, 7) is 6.10. The zero-order chi connectivity index (χ0) is 18.4. The van der Waals surface area contributed by atoms with E-state index >= 15 is 0 Å². The Kier molecular flexibility index (Phi) is 6.88. The Morgan fingerprint density at radius 2 is 1.81 bits per heavy atom. The summed E-state index contributed by atoms with van der Waals surface area (Å²) in [4.78, 5) is 3.00. The van der Waals surface area contributed by atoms with Gasteiger partial charge in [0.05, 0.1) is 19.8 Å².